The highest BCUT2D eigenvalue weighted by molar-refractivity contribution is 5.84. The smallest absolute Gasteiger partial charge is 0.220 e. The van der Waals surface area contributed by atoms with Crippen molar-refractivity contribution in [1.29, 1.82) is 0 Å². The van der Waals surface area contributed by atoms with Crippen LogP contribution in [0.4, 0.5) is 0 Å². The molecule has 0 aliphatic carbocycles. The molecule has 3 aromatic carbocycles. The molecule has 0 heterocycles. The largest absolute Gasteiger partial charge is 0.497 e. The summed E-state index contributed by atoms with van der Waals surface area (Å²) in [7, 11) is 1.67. The van der Waals surface area contributed by atoms with Gasteiger partial charge >= 0.3 is 0 Å². The van der Waals surface area contributed by atoms with Gasteiger partial charge in [-0.3, -0.25) is 4.79 Å². The predicted molar refractivity (Wildman–Crippen MR) is 102 cm³/mol. The first-order valence-electron chi connectivity index (χ1n) is 8.53. The van der Waals surface area contributed by atoms with Crippen LogP contribution in [0.2, 0.25) is 0 Å². The number of benzene rings is 3. The first-order valence-corrected chi connectivity index (χ1v) is 8.53. The molecule has 3 heteroatoms. The molecule has 1 amide bonds. The van der Waals surface area contributed by atoms with Crippen molar-refractivity contribution in [1.82, 2.24) is 5.32 Å². The van der Waals surface area contributed by atoms with Crippen LogP contribution >= 0.6 is 0 Å². The van der Waals surface area contributed by atoms with Crippen LogP contribution in [0.5, 0.6) is 5.75 Å². The van der Waals surface area contributed by atoms with Crippen molar-refractivity contribution in [2.24, 2.45) is 0 Å². The molecule has 0 spiro atoms. The molecule has 0 radical (unpaired) electrons. The summed E-state index contributed by atoms with van der Waals surface area (Å²) in [5.74, 6) is 0.931. The summed E-state index contributed by atoms with van der Waals surface area (Å²) in [5, 5.41) is 5.28. The van der Waals surface area contributed by atoms with Gasteiger partial charge in [0.2, 0.25) is 5.91 Å². The molecule has 128 valence electrons. The van der Waals surface area contributed by atoms with E-state index < -0.39 is 0 Å². The van der Waals surface area contributed by atoms with Gasteiger partial charge < -0.3 is 10.1 Å². The van der Waals surface area contributed by atoms with Crippen molar-refractivity contribution >= 4 is 16.7 Å². The van der Waals surface area contributed by atoms with E-state index >= 15 is 0 Å². The molecule has 0 unspecified atom stereocenters. The Balaban J connectivity index is 1.54. The number of methoxy groups -OCH3 is 1. The van der Waals surface area contributed by atoms with Gasteiger partial charge in [-0.2, -0.15) is 0 Å². The van der Waals surface area contributed by atoms with Gasteiger partial charge in [0.1, 0.15) is 5.75 Å². The quantitative estimate of drug-likeness (QED) is 0.726. The van der Waals surface area contributed by atoms with E-state index in [1.807, 2.05) is 24.3 Å². The highest BCUT2D eigenvalue weighted by Gasteiger charge is 2.04. The normalized spacial score (nSPS) is 10.6. The molecule has 0 saturated carbocycles. The zero-order valence-electron chi connectivity index (χ0n) is 14.7. The molecule has 0 bridgehead atoms. The summed E-state index contributed by atoms with van der Waals surface area (Å²) < 4.78 is 5.24. The summed E-state index contributed by atoms with van der Waals surface area (Å²) in [4.78, 5) is 12.1. The second-order valence-electron chi connectivity index (χ2n) is 6.31. The molecule has 0 fully saturated rings. The van der Waals surface area contributed by atoms with Crippen LogP contribution in [0.3, 0.4) is 0 Å². The van der Waals surface area contributed by atoms with E-state index in [2.05, 4.69) is 48.6 Å². The van der Waals surface area contributed by atoms with Gasteiger partial charge in [-0.15, -0.1) is 0 Å². The average molecular weight is 333 g/mol. The van der Waals surface area contributed by atoms with Crippen LogP contribution in [-0.2, 0) is 17.8 Å². The number of hydrogen-bond donors (Lipinski definition) is 1. The molecule has 3 nitrogen and oxygen atoms in total. The number of carbonyl (C=O) groups is 1. The third kappa shape index (κ3) is 4.60. The molecule has 0 aliphatic heterocycles. The number of amides is 1. The summed E-state index contributed by atoms with van der Waals surface area (Å²) in [5.41, 5.74) is 3.53. The second kappa shape index (κ2) is 7.84. The van der Waals surface area contributed by atoms with Gasteiger partial charge in [-0.05, 0) is 53.4 Å². The molecular formula is C22H23NO2. The lowest BCUT2D eigenvalue weighted by Gasteiger charge is -2.08. The number of fused-ring (bicyclic) bond motifs is 1. The zero-order chi connectivity index (χ0) is 17.6. The van der Waals surface area contributed by atoms with Crippen molar-refractivity contribution in [2.75, 3.05) is 7.11 Å². The van der Waals surface area contributed by atoms with Crippen LogP contribution < -0.4 is 10.1 Å². The minimum absolute atomic E-state index is 0.0791. The third-order valence-corrected chi connectivity index (χ3v) is 4.36. The SMILES string of the molecule is COc1ccc2cc(CNC(=O)CCc3ccc(C)cc3)ccc2c1. The molecule has 0 atom stereocenters. The molecule has 1 N–H and O–H groups in total. The Morgan fingerprint density at radius 1 is 0.920 bits per heavy atom. The lowest BCUT2D eigenvalue weighted by molar-refractivity contribution is -0.121. The number of aryl methyl sites for hydroxylation is 2. The predicted octanol–water partition coefficient (Wildman–Crippen LogP) is 4.41. The van der Waals surface area contributed by atoms with Gasteiger partial charge in [0.15, 0.2) is 0 Å². The van der Waals surface area contributed by atoms with Crippen LogP contribution in [0.1, 0.15) is 23.1 Å². The number of hydrogen-bond acceptors (Lipinski definition) is 2. The summed E-state index contributed by atoms with van der Waals surface area (Å²) in [6.45, 7) is 2.62. The molecule has 0 saturated heterocycles. The van der Waals surface area contributed by atoms with Crippen molar-refractivity contribution in [2.45, 2.75) is 26.3 Å². The number of ether oxygens (including phenoxy) is 1. The molecule has 0 aromatic heterocycles. The van der Waals surface area contributed by atoms with Gasteiger partial charge in [0.25, 0.3) is 0 Å². The number of carbonyl (C=O) groups excluding carboxylic acids is 1. The molecular weight excluding hydrogens is 310 g/mol. The lowest BCUT2D eigenvalue weighted by Crippen LogP contribution is -2.22. The fourth-order valence-electron chi connectivity index (χ4n) is 2.81. The van der Waals surface area contributed by atoms with E-state index in [0.717, 1.165) is 28.5 Å². The van der Waals surface area contributed by atoms with Crippen LogP contribution in [0.15, 0.2) is 60.7 Å². The lowest BCUT2D eigenvalue weighted by atomic mass is 10.1. The number of rotatable bonds is 6. The Morgan fingerprint density at radius 2 is 1.60 bits per heavy atom. The Bertz CT molecular complexity index is 869. The monoisotopic (exact) mass is 333 g/mol. The standard InChI is InChI=1S/C22H23NO2/c1-16-3-5-17(6-4-16)8-12-22(24)23-15-18-7-9-20-14-21(25-2)11-10-19(20)13-18/h3-7,9-11,13-14H,8,12,15H2,1-2H3,(H,23,24). The third-order valence-electron chi connectivity index (χ3n) is 4.36. The first-order chi connectivity index (χ1) is 12.1. The highest BCUT2D eigenvalue weighted by atomic mass is 16.5. The van der Waals surface area contributed by atoms with Crippen LogP contribution in [0, 0.1) is 6.92 Å². The second-order valence-corrected chi connectivity index (χ2v) is 6.31. The maximum atomic E-state index is 12.1. The Hall–Kier alpha value is -2.81. The van der Waals surface area contributed by atoms with Crippen LogP contribution in [0.25, 0.3) is 10.8 Å². The fraction of sp³-hybridized carbons (Fsp3) is 0.227. The van der Waals surface area contributed by atoms with Crippen molar-refractivity contribution in [3.05, 3.63) is 77.4 Å². The van der Waals surface area contributed by atoms with E-state index in [9.17, 15) is 4.79 Å². The zero-order valence-corrected chi connectivity index (χ0v) is 14.7. The maximum absolute atomic E-state index is 12.1. The van der Waals surface area contributed by atoms with Gasteiger partial charge in [-0.1, -0.05) is 48.0 Å². The highest BCUT2D eigenvalue weighted by Crippen LogP contribution is 2.21. The van der Waals surface area contributed by atoms with E-state index in [-0.39, 0.29) is 5.91 Å². The molecule has 3 rings (SSSR count). The first kappa shape index (κ1) is 17.0. The summed E-state index contributed by atoms with van der Waals surface area (Å²) in [6, 6.07) is 20.5. The van der Waals surface area contributed by atoms with E-state index in [1.54, 1.807) is 7.11 Å². The van der Waals surface area contributed by atoms with E-state index in [0.29, 0.717) is 13.0 Å². The van der Waals surface area contributed by atoms with Crippen molar-refractivity contribution in [3.63, 3.8) is 0 Å². The minimum atomic E-state index is 0.0791. The summed E-state index contributed by atoms with van der Waals surface area (Å²) in [6.07, 6.45) is 1.28. The van der Waals surface area contributed by atoms with Gasteiger partial charge in [0, 0.05) is 13.0 Å². The Morgan fingerprint density at radius 3 is 2.36 bits per heavy atom. The van der Waals surface area contributed by atoms with Crippen LogP contribution in [-0.4, -0.2) is 13.0 Å². The average Bonchev–Trinajstić information content (AvgIpc) is 2.65. The maximum Gasteiger partial charge on any atom is 0.220 e. The topological polar surface area (TPSA) is 38.3 Å². The van der Waals surface area contributed by atoms with Gasteiger partial charge in [-0.25, -0.2) is 0 Å². The van der Waals surface area contributed by atoms with Crippen molar-refractivity contribution < 1.29 is 9.53 Å². The Labute approximate surface area is 148 Å². The molecule has 0 aliphatic rings. The fourth-order valence-corrected chi connectivity index (χ4v) is 2.81. The minimum Gasteiger partial charge on any atom is -0.497 e. The van der Waals surface area contributed by atoms with Gasteiger partial charge in [0.05, 0.1) is 7.11 Å². The van der Waals surface area contributed by atoms with E-state index in [1.165, 1.54) is 11.1 Å². The van der Waals surface area contributed by atoms with E-state index in [4.69, 9.17) is 4.74 Å². The number of nitrogens with one attached hydrogen (secondary N) is 1. The molecule has 3 aromatic rings. The molecule has 25 heavy (non-hydrogen) atoms. The summed E-state index contributed by atoms with van der Waals surface area (Å²) >= 11 is 0. The van der Waals surface area contributed by atoms with Crippen molar-refractivity contribution in [3.8, 4) is 5.75 Å². The Kier molecular flexibility index (Phi) is 5.34.